The molecule has 4 rings (SSSR count). The van der Waals surface area contributed by atoms with Gasteiger partial charge in [-0.15, -0.1) is 0 Å². The molecule has 2 aromatic rings. The standard InChI is InChI=1S/C23H24IN3O3.C2HF3O2/c1-30-14-15-8-10-27(11-9-15)18-5-3-17(4-6-18)25-13-21-20-12-16(24)2-7-19(20)22(28)26-23(21)29;3-2(4,5)1(6)7/h2-7,12-13,15,25H,8-11,14H2,1H3,(H,26,28,29);(H,6,7). The topological polar surface area (TPSA) is 108 Å². The Balaban J connectivity index is 0.000000479. The van der Waals surface area contributed by atoms with Gasteiger partial charge in [-0.1, -0.05) is 0 Å². The Hall–Kier alpha value is -3.13. The Morgan fingerprint density at radius 3 is 2.32 bits per heavy atom. The summed E-state index contributed by atoms with van der Waals surface area (Å²) in [5.74, 6) is -2.86. The number of methoxy groups -OCH3 is 1. The lowest BCUT2D eigenvalue weighted by Gasteiger charge is -2.33. The number of fused-ring (bicyclic) bond motifs is 1. The van der Waals surface area contributed by atoms with Crippen LogP contribution in [0.15, 0.2) is 48.7 Å². The lowest BCUT2D eigenvalue weighted by Crippen LogP contribution is -2.36. The van der Waals surface area contributed by atoms with Crippen LogP contribution in [0.4, 0.5) is 24.5 Å². The number of benzene rings is 2. The van der Waals surface area contributed by atoms with Crippen molar-refractivity contribution in [3.8, 4) is 0 Å². The van der Waals surface area contributed by atoms with E-state index in [-0.39, 0.29) is 5.91 Å². The van der Waals surface area contributed by atoms with Gasteiger partial charge in [0.15, 0.2) is 0 Å². The van der Waals surface area contributed by atoms with Crippen LogP contribution in [0.3, 0.4) is 0 Å². The van der Waals surface area contributed by atoms with E-state index in [1.807, 2.05) is 24.3 Å². The summed E-state index contributed by atoms with van der Waals surface area (Å²) >= 11 is 2.18. The van der Waals surface area contributed by atoms with Crippen molar-refractivity contribution >= 4 is 57.3 Å². The molecule has 2 heterocycles. The van der Waals surface area contributed by atoms with Gasteiger partial charge in [-0.05, 0) is 83.8 Å². The number of hydrogen-bond donors (Lipinski definition) is 3. The van der Waals surface area contributed by atoms with Gasteiger partial charge in [0.25, 0.3) is 11.8 Å². The molecule has 2 aliphatic rings. The number of halogens is 4. The number of carboxylic acids is 1. The summed E-state index contributed by atoms with van der Waals surface area (Å²) < 4.78 is 38.0. The van der Waals surface area contributed by atoms with Gasteiger partial charge >= 0.3 is 12.1 Å². The Kier molecular flexibility index (Phi) is 9.54. The van der Waals surface area contributed by atoms with E-state index in [9.17, 15) is 22.8 Å². The number of carbonyl (C=O) groups is 3. The van der Waals surface area contributed by atoms with E-state index in [2.05, 4.69) is 50.3 Å². The van der Waals surface area contributed by atoms with E-state index < -0.39 is 18.1 Å². The number of piperidine rings is 1. The van der Waals surface area contributed by atoms with Gasteiger partial charge < -0.3 is 20.1 Å². The van der Waals surface area contributed by atoms with E-state index in [0.29, 0.717) is 22.6 Å². The molecule has 1 saturated heterocycles. The largest absolute Gasteiger partial charge is 0.490 e. The van der Waals surface area contributed by atoms with Crippen LogP contribution in [0.5, 0.6) is 0 Å². The van der Waals surface area contributed by atoms with Crippen molar-refractivity contribution < 1.29 is 37.4 Å². The average Bonchev–Trinajstić information content (AvgIpc) is 2.84. The second kappa shape index (κ2) is 12.4. The van der Waals surface area contributed by atoms with Crippen LogP contribution in [0.1, 0.15) is 28.8 Å². The van der Waals surface area contributed by atoms with Crippen molar-refractivity contribution in [1.82, 2.24) is 5.32 Å². The number of imide groups is 1. The van der Waals surface area contributed by atoms with Gasteiger partial charge in [0.2, 0.25) is 0 Å². The van der Waals surface area contributed by atoms with E-state index in [1.165, 1.54) is 5.69 Å². The fraction of sp³-hybridized carbons (Fsp3) is 0.320. The maximum absolute atomic E-state index is 12.4. The minimum atomic E-state index is -5.08. The van der Waals surface area contributed by atoms with Gasteiger partial charge in [-0.2, -0.15) is 13.2 Å². The first-order valence-corrected chi connectivity index (χ1v) is 12.3. The van der Waals surface area contributed by atoms with Crippen molar-refractivity contribution in [3.05, 3.63) is 63.4 Å². The Morgan fingerprint density at radius 2 is 1.76 bits per heavy atom. The normalized spacial score (nSPS) is 17.0. The first-order valence-electron chi connectivity index (χ1n) is 11.3. The third-order valence-electron chi connectivity index (χ3n) is 5.86. The Bertz CT molecular complexity index is 1180. The number of anilines is 2. The number of amides is 2. The lowest BCUT2D eigenvalue weighted by molar-refractivity contribution is -0.192. The summed E-state index contributed by atoms with van der Waals surface area (Å²) in [7, 11) is 1.77. The number of carbonyl (C=O) groups excluding carboxylic acids is 2. The smallest absolute Gasteiger partial charge is 0.475 e. The fourth-order valence-electron chi connectivity index (χ4n) is 3.96. The molecule has 0 atom stereocenters. The summed E-state index contributed by atoms with van der Waals surface area (Å²) in [4.78, 5) is 35.7. The number of aliphatic carboxylic acids is 1. The van der Waals surface area contributed by atoms with Crippen molar-refractivity contribution in [3.63, 3.8) is 0 Å². The Morgan fingerprint density at radius 1 is 1.14 bits per heavy atom. The highest BCUT2D eigenvalue weighted by Crippen LogP contribution is 2.28. The second-order valence-corrected chi connectivity index (χ2v) is 9.66. The molecular formula is C25H25F3IN3O5. The molecule has 2 aliphatic heterocycles. The van der Waals surface area contributed by atoms with Crippen LogP contribution in [0, 0.1) is 9.49 Å². The maximum Gasteiger partial charge on any atom is 0.490 e. The summed E-state index contributed by atoms with van der Waals surface area (Å²) in [5, 5.41) is 12.7. The van der Waals surface area contributed by atoms with E-state index in [0.717, 1.165) is 41.8 Å². The molecule has 0 bridgehead atoms. The SMILES string of the molecule is COCC1CCN(c2ccc(NC=C3C(=O)NC(=O)c4ccc(I)cc43)cc2)CC1.O=C(O)C(F)(F)F. The van der Waals surface area contributed by atoms with Crippen LogP contribution >= 0.6 is 22.6 Å². The van der Waals surface area contributed by atoms with Gasteiger partial charge in [0.05, 0.1) is 5.57 Å². The highest BCUT2D eigenvalue weighted by Gasteiger charge is 2.38. The molecule has 198 valence electrons. The van der Waals surface area contributed by atoms with Crippen LogP contribution in [-0.2, 0) is 14.3 Å². The average molecular weight is 631 g/mol. The molecular weight excluding hydrogens is 606 g/mol. The van der Waals surface area contributed by atoms with E-state index in [4.69, 9.17) is 14.6 Å². The molecule has 0 unspecified atom stereocenters. The van der Waals surface area contributed by atoms with Crippen LogP contribution in [0.25, 0.3) is 5.57 Å². The monoisotopic (exact) mass is 631 g/mol. The van der Waals surface area contributed by atoms with Gasteiger partial charge in [0, 0.05) is 59.1 Å². The summed E-state index contributed by atoms with van der Waals surface area (Å²) in [6, 6.07) is 13.7. The Labute approximate surface area is 225 Å². The predicted molar refractivity (Wildman–Crippen MR) is 140 cm³/mol. The quantitative estimate of drug-likeness (QED) is 0.253. The molecule has 0 saturated carbocycles. The fourth-order valence-corrected chi connectivity index (χ4v) is 4.45. The maximum atomic E-state index is 12.4. The molecule has 0 aromatic heterocycles. The van der Waals surface area contributed by atoms with E-state index in [1.54, 1.807) is 19.4 Å². The molecule has 0 aliphatic carbocycles. The first-order chi connectivity index (χ1) is 17.5. The molecule has 12 heteroatoms. The molecule has 0 radical (unpaired) electrons. The minimum Gasteiger partial charge on any atom is -0.475 e. The summed E-state index contributed by atoms with van der Waals surface area (Å²) in [6.45, 7) is 2.91. The summed E-state index contributed by atoms with van der Waals surface area (Å²) in [5.41, 5.74) is 3.70. The third kappa shape index (κ3) is 7.68. The van der Waals surface area contributed by atoms with Crippen LogP contribution < -0.4 is 15.5 Å². The molecule has 37 heavy (non-hydrogen) atoms. The van der Waals surface area contributed by atoms with Gasteiger partial charge in [-0.3, -0.25) is 14.9 Å². The molecule has 2 aromatic carbocycles. The molecule has 0 spiro atoms. The number of hydrogen-bond acceptors (Lipinski definition) is 6. The molecule has 8 nitrogen and oxygen atoms in total. The highest BCUT2D eigenvalue weighted by molar-refractivity contribution is 14.1. The molecule has 3 N–H and O–H groups in total. The minimum absolute atomic E-state index is 0.359. The summed E-state index contributed by atoms with van der Waals surface area (Å²) in [6.07, 6.45) is -1.13. The van der Waals surface area contributed by atoms with Crippen molar-refractivity contribution in [2.45, 2.75) is 19.0 Å². The highest BCUT2D eigenvalue weighted by atomic mass is 127. The molecule has 1 fully saturated rings. The van der Waals surface area contributed by atoms with Crippen molar-refractivity contribution in [2.24, 2.45) is 5.92 Å². The van der Waals surface area contributed by atoms with Crippen LogP contribution in [-0.4, -0.2) is 55.9 Å². The lowest BCUT2D eigenvalue weighted by atomic mass is 9.95. The number of nitrogens with zero attached hydrogens (tertiary/aromatic N) is 1. The van der Waals surface area contributed by atoms with Crippen molar-refractivity contribution in [1.29, 1.82) is 0 Å². The number of carboxylic acid groups (broad SMARTS) is 1. The van der Waals surface area contributed by atoms with Gasteiger partial charge in [0.1, 0.15) is 0 Å². The number of nitrogens with one attached hydrogen (secondary N) is 2. The zero-order valence-corrected chi connectivity index (χ0v) is 21.9. The first kappa shape index (κ1) is 28.4. The number of alkyl halides is 3. The van der Waals surface area contributed by atoms with Gasteiger partial charge in [-0.25, -0.2) is 4.79 Å². The number of rotatable bonds is 5. The molecule has 2 amide bonds. The second-order valence-electron chi connectivity index (χ2n) is 8.41. The zero-order chi connectivity index (χ0) is 27.2. The van der Waals surface area contributed by atoms with E-state index >= 15 is 0 Å². The number of ether oxygens (including phenoxy) is 1. The van der Waals surface area contributed by atoms with Crippen molar-refractivity contribution in [2.75, 3.05) is 37.0 Å². The third-order valence-corrected chi connectivity index (χ3v) is 6.53. The zero-order valence-electron chi connectivity index (χ0n) is 19.8. The van der Waals surface area contributed by atoms with Crippen LogP contribution in [0.2, 0.25) is 0 Å². The predicted octanol–water partition coefficient (Wildman–Crippen LogP) is 4.51.